The molecule has 3 amide bonds. The molecule has 0 unspecified atom stereocenters. The Labute approximate surface area is 81.3 Å². The largest absolute Gasteiger partial charge is 0.350 e. The number of amides is 3. The number of carbonyl (C=O) groups is 2. The molecule has 0 heterocycles. The lowest BCUT2D eigenvalue weighted by Gasteiger charge is -2.03. The van der Waals surface area contributed by atoms with E-state index in [2.05, 4.69) is 10.6 Å². The van der Waals surface area contributed by atoms with Crippen LogP contribution < -0.4 is 16.4 Å². The van der Waals surface area contributed by atoms with Crippen LogP contribution in [0.25, 0.3) is 0 Å². The molecule has 0 aromatic heterocycles. The molecule has 5 nitrogen and oxygen atoms in total. The number of nitrogens with two attached hydrogens (primary N) is 1. The summed E-state index contributed by atoms with van der Waals surface area (Å²) in [5.74, 6) is -0.179. The van der Waals surface area contributed by atoms with Crippen LogP contribution in [0.2, 0.25) is 0 Å². The lowest BCUT2D eigenvalue weighted by atomic mass is 10.3. The average Bonchev–Trinajstić information content (AvgIpc) is 2.01. The Kier molecular flexibility index (Phi) is 3.06. The molecule has 0 aliphatic heterocycles. The maximum atomic E-state index is 10.7. The van der Waals surface area contributed by atoms with Gasteiger partial charge in [-0.05, 0) is 18.2 Å². The number of rotatable bonds is 2. The van der Waals surface area contributed by atoms with Crippen LogP contribution >= 0.6 is 0 Å². The van der Waals surface area contributed by atoms with E-state index in [9.17, 15) is 9.59 Å². The molecule has 0 atom stereocenters. The van der Waals surface area contributed by atoms with Crippen molar-refractivity contribution in [2.45, 2.75) is 6.92 Å². The first kappa shape index (κ1) is 10.0. The molecule has 73 valence electrons. The van der Waals surface area contributed by atoms with Gasteiger partial charge in [-0.1, -0.05) is 6.07 Å². The van der Waals surface area contributed by atoms with Crippen LogP contribution in [0.15, 0.2) is 24.3 Å². The van der Waals surface area contributed by atoms with Crippen molar-refractivity contribution >= 4 is 23.3 Å². The second-order valence-electron chi connectivity index (χ2n) is 2.68. The zero-order valence-corrected chi connectivity index (χ0v) is 7.65. The van der Waals surface area contributed by atoms with E-state index in [-0.39, 0.29) is 5.91 Å². The highest BCUT2D eigenvalue weighted by molar-refractivity contribution is 5.89. The van der Waals surface area contributed by atoms with E-state index >= 15 is 0 Å². The van der Waals surface area contributed by atoms with Gasteiger partial charge in [0.05, 0.1) is 5.69 Å². The Hall–Kier alpha value is -2.04. The number of hydrogen-bond donors (Lipinski definition) is 2. The third-order valence-electron chi connectivity index (χ3n) is 1.41. The summed E-state index contributed by atoms with van der Waals surface area (Å²) < 4.78 is 0. The third-order valence-corrected chi connectivity index (χ3v) is 1.41. The lowest BCUT2D eigenvalue weighted by molar-refractivity contribution is -0.114. The summed E-state index contributed by atoms with van der Waals surface area (Å²) in [6.45, 7) is 1.40. The van der Waals surface area contributed by atoms with Gasteiger partial charge in [0.25, 0.3) is 0 Å². The zero-order valence-electron chi connectivity index (χ0n) is 7.65. The van der Waals surface area contributed by atoms with Gasteiger partial charge in [0.15, 0.2) is 0 Å². The number of primary amides is 1. The second-order valence-corrected chi connectivity index (χ2v) is 2.68. The van der Waals surface area contributed by atoms with Crippen molar-refractivity contribution in [2.24, 2.45) is 5.73 Å². The van der Waals surface area contributed by atoms with Crippen LogP contribution in [0.5, 0.6) is 0 Å². The molecule has 0 saturated heterocycles. The van der Waals surface area contributed by atoms with Gasteiger partial charge < -0.3 is 11.1 Å². The minimum atomic E-state index is -0.759. The summed E-state index contributed by atoms with van der Waals surface area (Å²) in [7, 11) is 0. The summed E-state index contributed by atoms with van der Waals surface area (Å²) >= 11 is 0. The van der Waals surface area contributed by atoms with Gasteiger partial charge >= 0.3 is 6.03 Å². The molecule has 3 N–H and O–H groups in total. The number of nitrogens with one attached hydrogen (secondary N) is 1. The van der Waals surface area contributed by atoms with Crippen LogP contribution in [0.4, 0.5) is 16.2 Å². The summed E-state index contributed by atoms with van der Waals surface area (Å²) in [5, 5.41) is 6.08. The van der Waals surface area contributed by atoms with E-state index in [1.807, 2.05) is 0 Å². The predicted octanol–water partition coefficient (Wildman–Crippen LogP) is 0.960. The minimum absolute atomic E-state index is 0.179. The van der Waals surface area contributed by atoms with Crippen molar-refractivity contribution in [3.63, 3.8) is 0 Å². The molecule has 1 rings (SSSR count). The van der Waals surface area contributed by atoms with Crippen LogP contribution in [-0.2, 0) is 4.79 Å². The van der Waals surface area contributed by atoms with Gasteiger partial charge in [-0.25, -0.2) is 4.79 Å². The first-order valence-corrected chi connectivity index (χ1v) is 3.97. The Morgan fingerprint density at radius 2 is 2.14 bits per heavy atom. The number of nitrogens with zero attached hydrogens (tertiary/aromatic N) is 1. The van der Waals surface area contributed by atoms with Gasteiger partial charge in [0.2, 0.25) is 5.91 Å². The molecule has 0 spiro atoms. The molecule has 0 aliphatic carbocycles. The molecule has 14 heavy (non-hydrogen) atoms. The lowest BCUT2D eigenvalue weighted by Crippen LogP contribution is -2.18. The zero-order chi connectivity index (χ0) is 10.6. The number of benzene rings is 1. The van der Waals surface area contributed by atoms with Crippen molar-refractivity contribution in [3.8, 4) is 0 Å². The number of urea groups is 1. The van der Waals surface area contributed by atoms with Gasteiger partial charge in [-0.3, -0.25) is 4.79 Å². The fourth-order valence-corrected chi connectivity index (χ4v) is 0.984. The van der Waals surface area contributed by atoms with Crippen molar-refractivity contribution in [3.05, 3.63) is 24.3 Å². The molecular weight excluding hydrogens is 182 g/mol. The van der Waals surface area contributed by atoms with Gasteiger partial charge in [-0.15, -0.1) is 0 Å². The highest BCUT2D eigenvalue weighted by Gasteiger charge is 2.00. The Bertz CT molecular complexity index is 332. The van der Waals surface area contributed by atoms with Gasteiger partial charge in [-0.2, -0.15) is 5.32 Å². The molecule has 0 fully saturated rings. The van der Waals surface area contributed by atoms with Crippen LogP contribution in [0.3, 0.4) is 0 Å². The van der Waals surface area contributed by atoms with Crippen LogP contribution in [0, 0.1) is 0 Å². The monoisotopic (exact) mass is 192 g/mol. The Morgan fingerprint density at radius 1 is 1.43 bits per heavy atom. The first-order chi connectivity index (χ1) is 6.58. The van der Waals surface area contributed by atoms with Crippen LogP contribution in [-0.4, -0.2) is 11.9 Å². The molecule has 1 radical (unpaired) electrons. The Balaban J connectivity index is 2.78. The topological polar surface area (TPSA) is 86.3 Å². The average molecular weight is 192 g/mol. The minimum Gasteiger partial charge on any atom is -0.350 e. The van der Waals surface area contributed by atoms with E-state index in [1.165, 1.54) is 6.92 Å². The summed E-state index contributed by atoms with van der Waals surface area (Å²) in [5.41, 5.74) is 5.89. The molecular formula is C9H10N3O2. The van der Waals surface area contributed by atoms with Gasteiger partial charge in [0.1, 0.15) is 0 Å². The standard InChI is InChI=1S/C9H10N3O2/c1-6(13)11-7-3-2-4-8(5-7)12-9(10)14/h2-5H,1H3,(H2,10,14)(H,11,13). The fraction of sp³-hybridized carbons (Fsp3) is 0.111. The molecule has 0 aliphatic rings. The molecule has 0 saturated carbocycles. The first-order valence-electron chi connectivity index (χ1n) is 3.97. The normalized spacial score (nSPS) is 9.21. The summed E-state index contributed by atoms with van der Waals surface area (Å²) in [6.07, 6.45) is 0. The van der Waals surface area contributed by atoms with Crippen molar-refractivity contribution < 1.29 is 9.59 Å². The SMILES string of the molecule is CC(=O)Nc1cccc([N]C(N)=O)c1. The second kappa shape index (κ2) is 4.27. The highest BCUT2D eigenvalue weighted by Crippen LogP contribution is 2.14. The fourth-order valence-electron chi connectivity index (χ4n) is 0.984. The molecule has 5 heteroatoms. The van der Waals surface area contributed by atoms with E-state index in [1.54, 1.807) is 24.3 Å². The van der Waals surface area contributed by atoms with Crippen molar-refractivity contribution in [2.75, 3.05) is 5.32 Å². The third kappa shape index (κ3) is 3.14. The maximum absolute atomic E-state index is 10.7. The number of hydrogen-bond acceptors (Lipinski definition) is 2. The number of carbonyl (C=O) groups excluding carboxylic acids is 2. The van der Waals surface area contributed by atoms with E-state index in [0.29, 0.717) is 11.4 Å². The van der Waals surface area contributed by atoms with Crippen LogP contribution in [0.1, 0.15) is 6.92 Å². The van der Waals surface area contributed by atoms with E-state index < -0.39 is 6.03 Å². The molecule has 1 aromatic rings. The smallest absolute Gasteiger partial charge is 0.338 e. The molecule has 1 aromatic carbocycles. The summed E-state index contributed by atoms with van der Waals surface area (Å²) in [6, 6.07) is 5.79. The quantitative estimate of drug-likeness (QED) is 0.731. The van der Waals surface area contributed by atoms with Gasteiger partial charge in [0, 0.05) is 12.6 Å². The predicted molar refractivity (Wildman–Crippen MR) is 52.1 cm³/mol. The van der Waals surface area contributed by atoms with E-state index in [0.717, 1.165) is 0 Å². The number of anilines is 1. The van der Waals surface area contributed by atoms with Crippen molar-refractivity contribution in [1.82, 2.24) is 5.32 Å². The highest BCUT2D eigenvalue weighted by atomic mass is 16.2. The maximum Gasteiger partial charge on any atom is 0.338 e. The summed E-state index contributed by atoms with van der Waals surface area (Å²) in [4.78, 5) is 21.2. The van der Waals surface area contributed by atoms with E-state index in [4.69, 9.17) is 5.73 Å². The Morgan fingerprint density at radius 3 is 2.71 bits per heavy atom. The molecule has 0 bridgehead atoms. The van der Waals surface area contributed by atoms with Crippen molar-refractivity contribution in [1.29, 1.82) is 0 Å².